The fourth-order valence-electron chi connectivity index (χ4n) is 1.72. The fourth-order valence-corrected chi connectivity index (χ4v) is 1.97. The summed E-state index contributed by atoms with van der Waals surface area (Å²) in [6, 6.07) is 13.8. The number of hydrogen-bond acceptors (Lipinski definition) is 3. The minimum Gasteiger partial charge on any atom is -0.276 e. The van der Waals surface area contributed by atoms with Gasteiger partial charge in [0.05, 0.1) is 5.54 Å². The average Bonchev–Trinajstić information content (AvgIpc) is 2.54. The smallest absolute Gasteiger partial charge is 0.268 e. The number of nitrogens with two attached hydrogens (primary N) is 1. The van der Waals surface area contributed by atoms with Gasteiger partial charge in [-0.2, -0.15) is 0 Å². The van der Waals surface area contributed by atoms with E-state index in [1.807, 2.05) is 39.8 Å². The molecule has 8 heteroatoms. The van der Waals surface area contributed by atoms with Gasteiger partial charge in [-0.3, -0.25) is 14.6 Å². The molecule has 0 saturated heterocycles. The third-order valence-electron chi connectivity index (χ3n) is 3.31. The van der Waals surface area contributed by atoms with Crippen LogP contribution >= 0.6 is 48.0 Å². The van der Waals surface area contributed by atoms with Gasteiger partial charge in [0.25, 0.3) is 11.1 Å². The summed E-state index contributed by atoms with van der Waals surface area (Å²) in [5, 5.41) is 1.42. The van der Waals surface area contributed by atoms with Crippen molar-refractivity contribution in [1.82, 2.24) is 5.01 Å². The summed E-state index contributed by atoms with van der Waals surface area (Å²) in [6.07, 6.45) is 0. The van der Waals surface area contributed by atoms with Gasteiger partial charge in [0.2, 0.25) is 0 Å². The Kier molecular flexibility index (Phi) is 12.6. The lowest BCUT2D eigenvalue weighted by Crippen LogP contribution is -2.50. The number of aryl methyl sites for hydroxylation is 1. The van der Waals surface area contributed by atoms with Gasteiger partial charge >= 0.3 is 0 Å². The monoisotopic (exact) mass is 452 g/mol. The van der Waals surface area contributed by atoms with Crippen molar-refractivity contribution >= 4 is 59.2 Å². The molecule has 4 nitrogen and oxygen atoms in total. The van der Waals surface area contributed by atoms with E-state index in [2.05, 4.69) is 0 Å². The third-order valence-corrected chi connectivity index (χ3v) is 3.78. The number of amides is 1. The standard InChI is InChI=1S/C11H15ClN2O.C8H7ClO.2ClH/c1-11(2,3)14(13)10(15)8-4-6-9(12)7-5-8;1-6-2-4-7(5-3-6)8(9)10;;/h4-7H,13H2,1-3H3;2-5H,1H3;2*1H. The molecule has 0 atom stereocenters. The predicted octanol–water partition coefficient (Wildman–Crippen LogP) is 5.67. The summed E-state index contributed by atoms with van der Waals surface area (Å²) in [6.45, 7) is 7.59. The largest absolute Gasteiger partial charge is 0.276 e. The Morgan fingerprint density at radius 1 is 0.889 bits per heavy atom. The van der Waals surface area contributed by atoms with Gasteiger partial charge in [0.1, 0.15) is 0 Å². The van der Waals surface area contributed by atoms with Crippen LogP contribution in [0.15, 0.2) is 48.5 Å². The third kappa shape index (κ3) is 9.45. The van der Waals surface area contributed by atoms with Gasteiger partial charge in [-0.05, 0) is 75.7 Å². The number of benzene rings is 2. The summed E-state index contributed by atoms with van der Waals surface area (Å²) in [5.41, 5.74) is 1.82. The number of carbonyl (C=O) groups excluding carboxylic acids is 2. The Bertz CT molecular complexity index is 727. The molecule has 1 amide bonds. The average molecular weight is 454 g/mol. The lowest BCUT2D eigenvalue weighted by Gasteiger charge is -2.31. The van der Waals surface area contributed by atoms with Crippen LogP contribution in [0.4, 0.5) is 0 Å². The first-order chi connectivity index (χ1) is 11.5. The first kappa shape index (κ1) is 27.9. The zero-order valence-corrected chi connectivity index (χ0v) is 18.7. The Morgan fingerprint density at radius 3 is 1.67 bits per heavy atom. The maximum absolute atomic E-state index is 11.9. The van der Waals surface area contributed by atoms with Gasteiger partial charge in [0.15, 0.2) is 0 Å². The minimum absolute atomic E-state index is 0. The maximum Gasteiger partial charge on any atom is 0.268 e. The Hall–Kier alpha value is -1.30. The molecule has 27 heavy (non-hydrogen) atoms. The van der Waals surface area contributed by atoms with Gasteiger partial charge in [0, 0.05) is 16.1 Å². The van der Waals surface area contributed by atoms with E-state index >= 15 is 0 Å². The van der Waals surface area contributed by atoms with Crippen molar-refractivity contribution in [2.24, 2.45) is 5.84 Å². The molecule has 0 bridgehead atoms. The van der Waals surface area contributed by atoms with Crippen molar-refractivity contribution in [1.29, 1.82) is 0 Å². The Balaban J connectivity index is 0. The van der Waals surface area contributed by atoms with Gasteiger partial charge in [-0.15, -0.1) is 24.8 Å². The molecule has 2 aromatic carbocycles. The summed E-state index contributed by atoms with van der Waals surface area (Å²) >= 11 is 10.9. The van der Waals surface area contributed by atoms with Crippen molar-refractivity contribution in [2.45, 2.75) is 33.2 Å². The lowest BCUT2D eigenvalue weighted by molar-refractivity contribution is 0.0582. The van der Waals surface area contributed by atoms with Crippen LogP contribution in [0.2, 0.25) is 5.02 Å². The van der Waals surface area contributed by atoms with Gasteiger partial charge in [-0.25, -0.2) is 5.84 Å². The number of hydrogen-bond donors (Lipinski definition) is 1. The van der Waals surface area contributed by atoms with E-state index < -0.39 is 10.8 Å². The highest BCUT2D eigenvalue weighted by Gasteiger charge is 2.24. The maximum atomic E-state index is 11.9. The van der Waals surface area contributed by atoms with Crippen molar-refractivity contribution in [2.75, 3.05) is 0 Å². The van der Waals surface area contributed by atoms with Crippen LogP contribution in [0.5, 0.6) is 0 Å². The fraction of sp³-hybridized carbons (Fsp3) is 0.263. The Morgan fingerprint density at radius 2 is 1.30 bits per heavy atom. The molecule has 0 aliphatic rings. The molecule has 0 radical (unpaired) electrons. The highest BCUT2D eigenvalue weighted by Crippen LogP contribution is 2.15. The van der Waals surface area contributed by atoms with E-state index in [-0.39, 0.29) is 30.7 Å². The van der Waals surface area contributed by atoms with Crippen LogP contribution < -0.4 is 5.84 Å². The molecular formula is C19H24Cl4N2O2. The highest BCUT2D eigenvalue weighted by molar-refractivity contribution is 6.67. The summed E-state index contributed by atoms with van der Waals surface area (Å²) in [5.74, 6) is 5.51. The second kappa shape index (κ2) is 12.2. The van der Waals surface area contributed by atoms with Crippen molar-refractivity contribution in [3.8, 4) is 0 Å². The molecule has 150 valence electrons. The van der Waals surface area contributed by atoms with Crippen LogP contribution in [-0.2, 0) is 0 Å². The van der Waals surface area contributed by atoms with Crippen LogP contribution in [0.3, 0.4) is 0 Å². The molecule has 2 N–H and O–H groups in total. The zero-order valence-electron chi connectivity index (χ0n) is 15.5. The van der Waals surface area contributed by atoms with E-state index in [0.29, 0.717) is 16.1 Å². The van der Waals surface area contributed by atoms with Crippen molar-refractivity contribution < 1.29 is 9.59 Å². The second-order valence-electron chi connectivity index (χ2n) is 6.49. The SMILES string of the molecule is CC(C)(C)N(N)C(=O)c1ccc(Cl)cc1.Cc1ccc(C(=O)Cl)cc1.Cl.Cl. The summed E-state index contributed by atoms with van der Waals surface area (Å²) in [7, 11) is 0. The Labute approximate surface area is 182 Å². The van der Waals surface area contributed by atoms with E-state index in [0.717, 1.165) is 5.56 Å². The second-order valence-corrected chi connectivity index (χ2v) is 7.27. The molecule has 2 aromatic rings. The number of halogens is 4. The van der Waals surface area contributed by atoms with Crippen LogP contribution in [-0.4, -0.2) is 21.7 Å². The zero-order chi connectivity index (χ0) is 19.2. The van der Waals surface area contributed by atoms with E-state index in [9.17, 15) is 9.59 Å². The molecule has 0 fully saturated rings. The van der Waals surface area contributed by atoms with Gasteiger partial charge < -0.3 is 0 Å². The summed E-state index contributed by atoms with van der Waals surface area (Å²) < 4.78 is 0. The molecule has 0 aliphatic carbocycles. The molecule has 0 aromatic heterocycles. The van der Waals surface area contributed by atoms with Crippen LogP contribution in [0.1, 0.15) is 47.1 Å². The minimum atomic E-state index is -0.403. The number of hydrazine groups is 1. The highest BCUT2D eigenvalue weighted by atomic mass is 35.5. The van der Waals surface area contributed by atoms with E-state index in [1.165, 1.54) is 5.01 Å². The van der Waals surface area contributed by atoms with Crippen molar-refractivity contribution in [3.05, 3.63) is 70.2 Å². The molecule has 0 aliphatic heterocycles. The van der Waals surface area contributed by atoms with Crippen LogP contribution in [0, 0.1) is 6.92 Å². The predicted molar refractivity (Wildman–Crippen MR) is 117 cm³/mol. The molecule has 0 heterocycles. The number of rotatable bonds is 2. The molecule has 0 unspecified atom stereocenters. The first-order valence-electron chi connectivity index (χ1n) is 7.63. The van der Waals surface area contributed by atoms with Crippen LogP contribution in [0.25, 0.3) is 0 Å². The number of carbonyl (C=O) groups is 2. The van der Waals surface area contributed by atoms with Gasteiger partial charge in [-0.1, -0.05) is 29.3 Å². The summed E-state index contributed by atoms with van der Waals surface area (Å²) in [4.78, 5) is 22.4. The first-order valence-corrected chi connectivity index (χ1v) is 8.39. The lowest BCUT2D eigenvalue weighted by atomic mass is 10.1. The number of nitrogens with zero attached hydrogens (tertiary/aromatic N) is 1. The van der Waals surface area contributed by atoms with E-state index in [1.54, 1.807) is 36.4 Å². The normalized spacial score (nSPS) is 9.74. The topological polar surface area (TPSA) is 63.4 Å². The molecular weight excluding hydrogens is 430 g/mol. The molecule has 0 spiro atoms. The van der Waals surface area contributed by atoms with E-state index in [4.69, 9.17) is 29.0 Å². The molecule has 0 saturated carbocycles. The quantitative estimate of drug-likeness (QED) is 0.275. The van der Waals surface area contributed by atoms with Crippen molar-refractivity contribution in [3.63, 3.8) is 0 Å². The molecule has 2 rings (SSSR count).